The van der Waals surface area contributed by atoms with Crippen LogP contribution in [0.4, 0.5) is 10.5 Å². The highest BCUT2D eigenvalue weighted by Crippen LogP contribution is 2.19. The van der Waals surface area contributed by atoms with Gasteiger partial charge in [-0.05, 0) is 25.0 Å². The van der Waals surface area contributed by atoms with Gasteiger partial charge in [-0.2, -0.15) is 0 Å². The molecule has 7 nitrogen and oxygen atoms in total. The minimum absolute atomic E-state index is 0.0305. The van der Waals surface area contributed by atoms with Crippen LogP contribution >= 0.6 is 0 Å². The van der Waals surface area contributed by atoms with Crippen LogP contribution in [-0.2, 0) is 4.79 Å². The lowest BCUT2D eigenvalue weighted by Crippen LogP contribution is -2.40. The predicted molar refractivity (Wildman–Crippen MR) is 98.5 cm³/mol. The van der Waals surface area contributed by atoms with Gasteiger partial charge in [-0.3, -0.25) is 4.79 Å². The molecule has 26 heavy (non-hydrogen) atoms. The van der Waals surface area contributed by atoms with Crippen LogP contribution in [0, 0.1) is 0 Å². The molecule has 1 aliphatic heterocycles. The van der Waals surface area contributed by atoms with Gasteiger partial charge in [0.05, 0.1) is 0 Å². The molecule has 3 rings (SSSR count). The van der Waals surface area contributed by atoms with E-state index in [1.165, 1.54) is 6.26 Å². The highest BCUT2D eigenvalue weighted by atomic mass is 16.5. The minimum atomic E-state index is -0.274. The fraction of sp³-hybridized carbons (Fsp3) is 0.316. The van der Waals surface area contributed by atoms with Gasteiger partial charge < -0.3 is 20.1 Å². The van der Waals surface area contributed by atoms with Crippen molar-refractivity contribution < 1.29 is 14.1 Å². The molecule has 0 saturated carbocycles. The number of aromatic nitrogens is 1. The number of allylic oxidation sites excluding steroid dienone is 1. The molecule has 0 unspecified atom stereocenters. The van der Waals surface area contributed by atoms with Gasteiger partial charge in [-0.1, -0.05) is 23.4 Å². The van der Waals surface area contributed by atoms with Gasteiger partial charge in [-0.25, -0.2) is 4.79 Å². The third-order valence-corrected chi connectivity index (χ3v) is 4.31. The summed E-state index contributed by atoms with van der Waals surface area (Å²) in [6.07, 6.45) is 5.17. The van der Waals surface area contributed by atoms with Crippen molar-refractivity contribution in [2.45, 2.75) is 25.3 Å². The van der Waals surface area contributed by atoms with Gasteiger partial charge in [-0.15, -0.1) is 6.58 Å². The van der Waals surface area contributed by atoms with Gasteiger partial charge >= 0.3 is 6.03 Å². The van der Waals surface area contributed by atoms with E-state index in [0.29, 0.717) is 31.6 Å². The van der Waals surface area contributed by atoms with Gasteiger partial charge in [0.2, 0.25) is 5.91 Å². The quantitative estimate of drug-likeness (QED) is 0.781. The van der Waals surface area contributed by atoms with Gasteiger partial charge in [0.1, 0.15) is 12.0 Å². The summed E-state index contributed by atoms with van der Waals surface area (Å²) in [5.41, 5.74) is 2.34. The molecule has 0 spiro atoms. The summed E-state index contributed by atoms with van der Waals surface area (Å²) in [6, 6.07) is 8.82. The zero-order chi connectivity index (χ0) is 18.4. The summed E-state index contributed by atoms with van der Waals surface area (Å²) in [7, 11) is 0. The van der Waals surface area contributed by atoms with Crippen LogP contribution in [0.1, 0.15) is 19.3 Å². The van der Waals surface area contributed by atoms with Gasteiger partial charge in [0, 0.05) is 42.9 Å². The Kier molecular flexibility index (Phi) is 5.68. The molecule has 3 amide bonds. The third kappa shape index (κ3) is 4.50. The van der Waals surface area contributed by atoms with Crippen molar-refractivity contribution in [3.05, 3.63) is 49.2 Å². The first-order valence-electron chi connectivity index (χ1n) is 8.62. The fourth-order valence-corrected chi connectivity index (χ4v) is 2.93. The average molecular weight is 354 g/mol. The van der Waals surface area contributed by atoms with Crippen LogP contribution in [0.25, 0.3) is 11.3 Å². The van der Waals surface area contributed by atoms with Crippen molar-refractivity contribution in [1.82, 2.24) is 15.4 Å². The number of carbonyl (C=O) groups is 2. The number of amides is 3. The van der Waals surface area contributed by atoms with Crippen molar-refractivity contribution in [2.75, 3.05) is 18.4 Å². The van der Waals surface area contributed by atoms with E-state index in [1.807, 2.05) is 24.3 Å². The molecular weight excluding hydrogens is 332 g/mol. The van der Waals surface area contributed by atoms with E-state index in [4.69, 9.17) is 4.52 Å². The molecule has 2 aromatic rings. The zero-order valence-electron chi connectivity index (χ0n) is 14.5. The Morgan fingerprint density at radius 2 is 2.12 bits per heavy atom. The molecule has 7 heteroatoms. The summed E-state index contributed by atoms with van der Waals surface area (Å²) in [5, 5.41) is 9.60. The molecule has 2 N–H and O–H groups in total. The van der Waals surface area contributed by atoms with Crippen molar-refractivity contribution >= 4 is 17.6 Å². The van der Waals surface area contributed by atoms with Crippen LogP contribution < -0.4 is 10.6 Å². The monoisotopic (exact) mass is 354 g/mol. The standard InChI is InChI=1S/C19H22N4O3/c1-2-3-4-18(24)23-11-9-16(13-23)21-19(25)20-15-7-5-14(6-8-15)17-10-12-26-22-17/h2,5-8,10,12,16H,1,3-4,9,11,13H2,(H2,20,21,25)/t16-/m1/s1. The summed E-state index contributed by atoms with van der Waals surface area (Å²) in [4.78, 5) is 26.0. The molecular formula is C19H22N4O3. The number of benzene rings is 1. The number of hydrogen-bond donors (Lipinski definition) is 2. The fourth-order valence-electron chi connectivity index (χ4n) is 2.93. The van der Waals surface area contributed by atoms with Gasteiger partial charge in [0.25, 0.3) is 0 Å². The molecule has 2 heterocycles. The zero-order valence-corrected chi connectivity index (χ0v) is 14.5. The van der Waals surface area contributed by atoms with Crippen LogP contribution in [0.15, 0.2) is 53.8 Å². The molecule has 0 aliphatic carbocycles. The Hall–Kier alpha value is -3.09. The van der Waals surface area contributed by atoms with E-state index < -0.39 is 0 Å². The summed E-state index contributed by atoms with van der Waals surface area (Å²) in [5.74, 6) is 0.109. The number of carbonyl (C=O) groups excluding carboxylic acids is 2. The minimum Gasteiger partial charge on any atom is -0.364 e. The lowest BCUT2D eigenvalue weighted by Gasteiger charge is -2.17. The summed E-state index contributed by atoms with van der Waals surface area (Å²) in [6.45, 7) is 4.85. The third-order valence-electron chi connectivity index (χ3n) is 4.31. The van der Waals surface area contributed by atoms with Gasteiger partial charge in [0.15, 0.2) is 0 Å². The Bertz CT molecular complexity index is 756. The number of hydrogen-bond acceptors (Lipinski definition) is 4. The molecule has 1 aliphatic rings. The molecule has 1 saturated heterocycles. The maximum Gasteiger partial charge on any atom is 0.319 e. The maximum atomic E-state index is 12.2. The molecule has 136 valence electrons. The number of anilines is 1. The lowest BCUT2D eigenvalue weighted by molar-refractivity contribution is -0.130. The lowest BCUT2D eigenvalue weighted by atomic mass is 10.1. The number of nitrogens with zero attached hydrogens (tertiary/aromatic N) is 2. The molecule has 0 bridgehead atoms. The number of urea groups is 1. The molecule has 1 atom stereocenters. The van der Waals surface area contributed by atoms with E-state index in [0.717, 1.165) is 17.7 Å². The van der Waals surface area contributed by atoms with E-state index >= 15 is 0 Å². The first kappa shape index (κ1) is 17.7. The average Bonchev–Trinajstić information content (AvgIpc) is 3.32. The molecule has 1 aromatic heterocycles. The molecule has 0 radical (unpaired) electrons. The number of likely N-dealkylation sites (tertiary alicyclic amines) is 1. The van der Waals surface area contributed by atoms with E-state index in [9.17, 15) is 9.59 Å². The maximum absolute atomic E-state index is 12.2. The smallest absolute Gasteiger partial charge is 0.319 e. The molecule has 1 aromatic carbocycles. The Morgan fingerprint density at radius 1 is 1.31 bits per heavy atom. The Balaban J connectivity index is 1.47. The van der Waals surface area contributed by atoms with Crippen LogP contribution in [0.2, 0.25) is 0 Å². The largest absolute Gasteiger partial charge is 0.364 e. The van der Waals surface area contributed by atoms with Crippen molar-refractivity contribution in [3.8, 4) is 11.3 Å². The highest BCUT2D eigenvalue weighted by Gasteiger charge is 2.26. The topological polar surface area (TPSA) is 87.5 Å². The van der Waals surface area contributed by atoms with Crippen LogP contribution in [0.5, 0.6) is 0 Å². The SMILES string of the molecule is C=CCCC(=O)N1CC[C@@H](NC(=O)Nc2ccc(-c3ccon3)cc2)C1. The second-order valence-corrected chi connectivity index (χ2v) is 6.21. The van der Waals surface area contributed by atoms with Crippen LogP contribution in [0.3, 0.4) is 0 Å². The number of nitrogens with one attached hydrogen (secondary N) is 2. The highest BCUT2D eigenvalue weighted by molar-refractivity contribution is 5.89. The van der Waals surface area contributed by atoms with Crippen molar-refractivity contribution in [3.63, 3.8) is 0 Å². The van der Waals surface area contributed by atoms with Crippen molar-refractivity contribution in [1.29, 1.82) is 0 Å². The van der Waals surface area contributed by atoms with Crippen LogP contribution in [-0.4, -0.2) is 41.1 Å². The van der Waals surface area contributed by atoms with Crippen molar-refractivity contribution in [2.24, 2.45) is 0 Å². The summed E-state index contributed by atoms with van der Waals surface area (Å²) < 4.78 is 4.82. The van der Waals surface area contributed by atoms with E-state index in [-0.39, 0.29) is 18.0 Å². The first-order valence-corrected chi connectivity index (χ1v) is 8.62. The van der Waals surface area contributed by atoms with E-state index in [2.05, 4.69) is 22.4 Å². The normalized spacial score (nSPS) is 16.3. The first-order chi connectivity index (χ1) is 12.7. The predicted octanol–water partition coefficient (Wildman–Crippen LogP) is 3.03. The second-order valence-electron chi connectivity index (χ2n) is 6.21. The molecule has 1 fully saturated rings. The Morgan fingerprint density at radius 3 is 2.81 bits per heavy atom. The van der Waals surface area contributed by atoms with E-state index in [1.54, 1.807) is 17.0 Å². The summed E-state index contributed by atoms with van der Waals surface area (Å²) >= 11 is 0. The Labute approximate surface area is 152 Å². The second kappa shape index (κ2) is 8.33. The number of rotatable bonds is 6.